The summed E-state index contributed by atoms with van der Waals surface area (Å²) in [4.78, 5) is 12.1. The predicted molar refractivity (Wildman–Crippen MR) is 76.5 cm³/mol. The standard InChI is InChI=1S/C16H22FNO2/c1-20-13-9-10-14(15(17)11-13)16(19)18-12-7-5-3-2-4-6-8-12/h9-12H,2-8H2,1H3,(H,18,19). The van der Waals surface area contributed by atoms with Crippen LogP contribution in [0.4, 0.5) is 4.39 Å². The van der Waals surface area contributed by atoms with Crippen molar-refractivity contribution < 1.29 is 13.9 Å². The maximum Gasteiger partial charge on any atom is 0.254 e. The normalized spacial score (nSPS) is 17.1. The quantitative estimate of drug-likeness (QED) is 0.916. The van der Waals surface area contributed by atoms with E-state index in [2.05, 4.69) is 5.32 Å². The van der Waals surface area contributed by atoms with Crippen LogP contribution in [0.3, 0.4) is 0 Å². The third-order valence-corrected chi connectivity index (χ3v) is 3.86. The van der Waals surface area contributed by atoms with Crippen LogP contribution in [-0.2, 0) is 0 Å². The molecule has 2 rings (SSSR count). The highest BCUT2D eigenvalue weighted by atomic mass is 19.1. The van der Waals surface area contributed by atoms with Crippen LogP contribution in [0.5, 0.6) is 5.75 Å². The van der Waals surface area contributed by atoms with Crippen LogP contribution in [0.2, 0.25) is 0 Å². The first-order valence-corrected chi connectivity index (χ1v) is 7.35. The van der Waals surface area contributed by atoms with Crippen molar-refractivity contribution in [3.05, 3.63) is 29.6 Å². The molecule has 1 N–H and O–H groups in total. The molecule has 3 nitrogen and oxygen atoms in total. The van der Waals surface area contributed by atoms with Gasteiger partial charge in [0, 0.05) is 12.1 Å². The Morgan fingerprint density at radius 1 is 1.20 bits per heavy atom. The Hall–Kier alpha value is -1.58. The first-order valence-electron chi connectivity index (χ1n) is 7.35. The number of benzene rings is 1. The van der Waals surface area contributed by atoms with Gasteiger partial charge in [0.25, 0.3) is 5.91 Å². The minimum Gasteiger partial charge on any atom is -0.497 e. The third kappa shape index (κ3) is 3.95. The fraction of sp³-hybridized carbons (Fsp3) is 0.562. The number of nitrogens with one attached hydrogen (secondary N) is 1. The van der Waals surface area contributed by atoms with Gasteiger partial charge in [0.15, 0.2) is 0 Å². The molecular weight excluding hydrogens is 257 g/mol. The van der Waals surface area contributed by atoms with Gasteiger partial charge in [-0.1, -0.05) is 32.1 Å². The van der Waals surface area contributed by atoms with E-state index in [9.17, 15) is 9.18 Å². The van der Waals surface area contributed by atoms with Gasteiger partial charge in [-0.25, -0.2) is 4.39 Å². The molecule has 1 aromatic rings. The fourth-order valence-electron chi connectivity index (χ4n) is 2.67. The van der Waals surface area contributed by atoms with E-state index in [-0.39, 0.29) is 17.5 Å². The number of ether oxygens (including phenoxy) is 1. The zero-order valence-electron chi connectivity index (χ0n) is 12.0. The van der Waals surface area contributed by atoms with Gasteiger partial charge in [0.2, 0.25) is 0 Å². The first-order chi connectivity index (χ1) is 9.70. The Labute approximate surface area is 119 Å². The van der Waals surface area contributed by atoms with Gasteiger partial charge < -0.3 is 10.1 Å². The zero-order valence-corrected chi connectivity index (χ0v) is 12.0. The molecule has 0 spiro atoms. The van der Waals surface area contributed by atoms with Crippen LogP contribution >= 0.6 is 0 Å². The van der Waals surface area contributed by atoms with Crippen molar-refractivity contribution in [3.63, 3.8) is 0 Å². The van der Waals surface area contributed by atoms with Crippen LogP contribution < -0.4 is 10.1 Å². The molecule has 0 saturated heterocycles. The lowest BCUT2D eigenvalue weighted by Crippen LogP contribution is -2.35. The molecule has 0 aliphatic heterocycles. The summed E-state index contributed by atoms with van der Waals surface area (Å²) >= 11 is 0. The first kappa shape index (κ1) is 14.8. The SMILES string of the molecule is COc1ccc(C(=O)NC2CCCCCCC2)c(F)c1. The smallest absolute Gasteiger partial charge is 0.254 e. The Bertz CT molecular complexity index is 454. The number of hydrogen-bond acceptors (Lipinski definition) is 2. The van der Waals surface area contributed by atoms with Gasteiger partial charge in [0.1, 0.15) is 11.6 Å². The Morgan fingerprint density at radius 3 is 2.45 bits per heavy atom. The summed E-state index contributed by atoms with van der Waals surface area (Å²) in [7, 11) is 1.48. The van der Waals surface area contributed by atoms with E-state index in [4.69, 9.17) is 4.74 Å². The lowest BCUT2D eigenvalue weighted by atomic mass is 9.96. The lowest BCUT2D eigenvalue weighted by Gasteiger charge is -2.21. The van der Waals surface area contributed by atoms with Crippen LogP contribution in [0.1, 0.15) is 55.3 Å². The maximum absolute atomic E-state index is 13.8. The van der Waals surface area contributed by atoms with E-state index in [0.29, 0.717) is 5.75 Å². The molecule has 1 aliphatic carbocycles. The second-order valence-electron chi connectivity index (χ2n) is 5.36. The molecule has 0 unspecified atom stereocenters. The number of carbonyl (C=O) groups excluding carboxylic acids is 1. The second kappa shape index (κ2) is 7.27. The molecule has 1 amide bonds. The van der Waals surface area contributed by atoms with Crippen molar-refractivity contribution in [2.24, 2.45) is 0 Å². The molecular formula is C16H22FNO2. The highest BCUT2D eigenvalue weighted by molar-refractivity contribution is 5.94. The Balaban J connectivity index is 1.99. The molecule has 1 saturated carbocycles. The summed E-state index contributed by atoms with van der Waals surface area (Å²) < 4.78 is 18.8. The summed E-state index contributed by atoms with van der Waals surface area (Å²) in [6.45, 7) is 0. The molecule has 1 aromatic carbocycles. The van der Waals surface area contributed by atoms with Crippen molar-refractivity contribution in [2.45, 2.75) is 51.0 Å². The van der Waals surface area contributed by atoms with Gasteiger partial charge in [-0.05, 0) is 25.0 Å². The van der Waals surface area contributed by atoms with Crippen molar-refractivity contribution >= 4 is 5.91 Å². The van der Waals surface area contributed by atoms with E-state index in [0.717, 1.165) is 25.7 Å². The van der Waals surface area contributed by atoms with Crippen LogP contribution in [0.15, 0.2) is 18.2 Å². The van der Waals surface area contributed by atoms with Crippen LogP contribution in [0, 0.1) is 5.82 Å². The van der Waals surface area contributed by atoms with Gasteiger partial charge in [0.05, 0.1) is 12.7 Å². The van der Waals surface area contributed by atoms with Gasteiger partial charge in [-0.3, -0.25) is 4.79 Å². The topological polar surface area (TPSA) is 38.3 Å². The number of halogens is 1. The molecule has 1 fully saturated rings. The minimum absolute atomic E-state index is 0.0906. The maximum atomic E-state index is 13.8. The van der Waals surface area contributed by atoms with Crippen LogP contribution in [0.25, 0.3) is 0 Å². The van der Waals surface area contributed by atoms with E-state index < -0.39 is 5.82 Å². The van der Waals surface area contributed by atoms with Crippen molar-refractivity contribution in [3.8, 4) is 5.75 Å². The Morgan fingerprint density at radius 2 is 1.85 bits per heavy atom. The van der Waals surface area contributed by atoms with Gasteiger partial charge >= 0.3 is 0 Å². The molecule has 4 heteroatoms. The zero-order chi connectivity index (χ0) is 14.4. The van der Waals surface area contributed by atoms with Crippen LogP contribution in [-0.4, -0.2) is 19.1 Å². The van der Waals surface area contributed by atoms with E-state index >= 15 is 0 Å². The molecule has 0 radical (unpaired) electrons. The number of amides is 1. The molecule has 110 valence electrons. The summed E-state index contributed by atoms with van der Waals surface area (Å²) in [6, 6.07) is 4.50. The van der Waals surface area contributed by atoms with E-state index in [1.165, 1.54) is 38.5 Å². The lowest BCUT2D eigenvalue weighted by molar-refractivity contribution is 0.0926. The summed E-state index contributed by atoms with van der Waals surface area (Å²) in [5.74, 6) is -0.437. The monoisotopic (exact) mass is 279 g/mol. The number of hydrogen-bond donors (Lipinski definition) is 1. The van der Waals surface area contributed by atoms with Gasteiger partial charge in [-0.2, -0.15) is 0 Å². The number of carbonyl (C=O) groups is 1. The molecule has 1 aliphatic rings. The highest BCUT2D eigenvalue weighted by Crippen LogP contribution is 2.19. The minimum atomic E-state index is -0.535. The molecule has 20 heavy (non-hydrogen) atoms. The summed E-state index contributed by atoms with van der Waals surface area (Å²) in [5, 5.41) is 2.96. The van der Waals surface area contributed by atoms with E-state index in [1.807, 2.05) is 0 Å². The third-order valence-electron chi connectivity index (χ3n) is 3.86. The number of methoxy groups -OCH3 is 1. The predicted octanol–water partition coefficient (Wildman–Crippen LogP) is 3.68. The second-order valence-corrected chi connectivity index (χ2v) is 5.36. The van der Waals surface area contributed by atoms with E-state index in [1.54, 1.807) is 6.07 Å². The Kier molecular flexibility index (Phi) is 5.39. The summed E-state index contributed by atoms with van der Waals surface area (Å²) in [5.41, 5.74) is 0.0906. The summed E-state index contributed by atoms with van der Waals surface area (Å²) in [6.07, 6.45) is 7.99. The molecule has 0 heterocycles. The highest BCUT2D eigenvalue weighted by Gasteiger charge is 2.17. The molecule has 0 aromatic heterocycles. The van der Waals surface area contributed by atoms with Crippen molar-refractivity contribution in [2.75, 3.05) is 7.11 Å². The molecule has 0 bridgehead atoms. The largest absolute Gasteiger partial charge is 0.497 e. The fourth-order valence-corrected chi connectivity index (χ4v) is 2.67. The average molecular weight is 279 g/mol. The van der Waals surface area contributed by atoms with Crippen molar-refractivity contribution in [1.29, 1.82) is 0 Å². The van der Waals surface area contributed by atoms with Gasteiger partial charge in [-0.15, -0.1) is 0 Å². The number of rotatable bonds is 3. The molecule has 0 atom stereocenters. The average Bonchev–Trinajstić information content (AvgIpc) is 2.41. The van der Waals surface area contributed by atoms with Crippen molar-refractivity contribution in [1.82, 2.24) is 5.32 Å².